The zero-order valence-corrected chi connectivity index (χ0v) is 13.4. The zero-order valence-electron chi connectivity index (χ0n) is 12.5. The quantitative estimate of drug-likeness (QED) is 0.850. The van der Waals surface area contributed by atoms with E-state index in [2.05, 4.69) is 10.0 Å². The summed E-state index contributed by atoms with van der Waals surface area (Å²) in [5.74, 6) is -1.02. The predicted octanol–water partition coefficient (Wildman–Crippen LogP) is 2.31. The molecule has 0 aromatic heterocycles. The molecule has 0 spiro atoms. The summed E-state index contributed by atoms with van der Waals surface area (Å²) in [6.07, 6.45) is 0.895. The van der Waals surface area contributed by atoms with Gasteiger partial charge in [0.1, 0.15) is 5.82 Å². The molecule has 2 rings (SSSR count). The monoisotopic (exact) mass is 336 g/mol. The van der Waals surface area contributed by atoms with Crippen LogP contribution in [0.1, 0.15) is 12.5 Å². The van der Waals surface area contributed by atoms with Gasteiger partial charge in [-0.1, -0.05) is 19.1 Å². The predicted molar refractivity (Wildman–Crippen MR) is 86.0 cm³/mol. The Balaban J connectivity index is 1.93. The van der Waals surface area contributed by atoms with Gasteiger partial charge in [-0.05, 0) is 48.4 Å². The summed E-state index contributed by atoms with van der Waals surface area (Å²) in [7, 11) is -3.85. The Kier molecular flexibility index (Phi) is 5.46. The number of halogens is 1. The van der Waals surface area contributed by atoms with Crippen molar-refractivity contribution in [2.75, 3.05) is 11.9 Å². The summed E-state index contributed by atoms with van der Waals surface area (Å²) in [5.41, 5.74) is 1.73. The van der Waals surface area contributed by atoms with Crippen LogP contribution in [0.15, 0.2) is 53.4 Å². The molecule has 0 aliphatic carbocycles. The fourth-order valence-corrected chi connectivity index (χ4v) is 2.87. The molecule has 7 heteroatoms. The average molecular weight is 336 g/mol. The molecule has 2 aromatic rings. The number of aryl methyl sites for hydroxylation is 1. The number of rotatable bonds is 6. The van der Waals surface area contributed by atoms with E-state index in [0.29, 0.717) is 5.69 Å². The number of anilines is 1. The summed E-state index contributed by atoms with van der Waals surface area (Å²) in [4.78, 5) is 11.7. The molecule has 5 nitrogen and oxygen atoms in total. The maximum Gasteiger partial charge on any atom is 0.241 e. The highest BCUT2D eigenvalue weighted by Gasteiger charge is 2.15. The van der Waals surface area contributed by atoms with E-state index in [0.717, 1.165) is 36.2 Å². The molecule has 0 atom stereocenters. The lowest BCUT2D eigenvalue weighted by Gasteiger charge is -2.08. The van der Waals surface area contributed by atoms with Crippen molar-refractivity contribution in [2.24, 2.45) is 0 Å². The highest BCUT2D eigenvalue weighted by molar-refractivity contribution is 7.89. The Bertz CT molecular complexity index is 772. The van der Waals surface area contributed by atoms with Crippen molar-refractivity contribution in [1.82, 2.24) is 4.72 Å². The smallest absolute Gasteiger partial charge is 0.241 e. The van der Waals surface area contributed by atoms with E-state index in [1.165, 1.54) is 0 Å². The second-order valence-electron chi connectivity index (χ2n) is 4.88. The molecule has 0 bridgehead atoms. The lowest BCUT2D eigenvalue weighted by atomic mass is 10.1. The number of amides is 1. The van der Waals surface area contributed by atoms with Crippen LogP contribution in [0.3, 0.4) is 0 Å². The zero-order chi connectivity index (χ0) is 16.9. The topological polar surface area (TPSA) is 75.3 Å². The third kappa shape index (κ3) is 4.87. The largest absolute Gasteiger partial charge is 0.325 e. The highest BCUT2D eigenvalue weighted by atomic mass is 32.2. The van der Waals surface area contributed by atoms with Gasteiger partial charge in [-0.25, -0.2) is 17.5 Å². The van der Waals surface area contributed by atoms with E-state index in [4.69, 9.17) is 0 Å². The maximum atomic E-state index is 12.8. The van der Waals surface area contributed by atoms with Crippen molar-refractivity contribution in [1.29, 1.82) is 0 Å². The first kappa shape index (κ1) is 17.1. The lowest BCUT2D eigenvalue weighted by molar-refractivity contribution is -0.115. The van der Waals surface area contributed by atoms with Crippen LogP contribution >= 0.6 is 0 Å². The molecule has 2 aromatic carbocycles. The van der Waals surface area contributed by atoms with E-state index < -0.39 is 28.3 Å². The minimum Gasteiger partial charge on any atom is -0.325 e. The molecular weight excluding hydrogens is 319 g/mol. The second kappa shape index (κ2) is 7.34. The molecule has 0 aliphatic rings. The Morgan fingerprint density at radius 3 is 2.22 bits per heavy atom. The van der Waals surface area contributed by atoms with E-state index >= 15 is 0 Å². The number of hydrogen-bond acceptors (Lipinski definition) is 3. The summed E-state index contributed by atoms with van der Waals surface area (Å²) in [6.45, 7) is 1.62. The molecule has 122 valence electrons. The molecule has 2 N–H and O–H groups in total. The summed E-state index contributed by atoms with van der Waals surface area (Å²) in [6, 6.07) is 11.7. The lowest BCUT2D eigenvalue weighted by Crippen LogP contribution is -2.32. The Morgan fingerprint density at radius 1 is 1.04 bits per heavy atom. The number of carbonyl (C=O) groups is 1. The van der Waals surface area contributed by atoms with Gasteiger partial charge in [0.05, 0.1) is 11.4 Å². The van der Waals surface area contributed by atoms with Crippen molar-refractivity contribution < 1.29 is 17.6 Å². The third-order valence-electron chi connectivity index (χ3n) is 3.19. The van der Waals surface area contributed by atoms with E-state index in [1.54, 1.807) is 12.1 Å². The van der Waals surface area contributed by atoms with E-state index in [1.807, 2.05) is 19.1 Å². The number of sulfonamides is 1. The maximum absolute atomic E-state index is 12.8. The molecule has 0 heterocycles. The fourth-order valence-electron chi connectivity index (χ4n) is 1.89. The van der Waals surface area contributed by atoms with Gasteiger partial charge >= 0.3 is 0 Å². The molecule has 23 heavy (non-hydrogen) atoms. The van der Waals surface area contributed by atoms with Gasteiger partial charge in [0.2, 0.25) is 15.9 Å². The third-order valence-corrected chi connectivity index (χ3v) is 4.61. The van der Waals surface area contributed by atoms with Gasteiger partial charge in [0.25, 0.3) is 0 Å². The molecule has 1 amide bonds. The Labute approximate surface area is 134 Å². The Morgan fingerprint density at radius 2 is 1.65 bits per heavy atom. The first-order chi connectivity index (χ1) is 10.9. The van der Waals surface area contributed by atoms with E-state index in [9.17, 15) is 17.6 Å². The first-order valence-corrected chi connectivity index (χ1v) is 8.53. The summed E-state index contributed by atoms with van der Waals surface area (Å²) < 4.78 is 38.9. The minimum atomic E-state index is -3.85. The van der Waals surface area contributed by atoms with Gasteiger partial charge in [-0.3, -0.25) is 4.79 Å². The van der Waals surface area contributed by atoms with Crippen LogP contribution in [0, 0.1) is 5.82 Å². The molecular formula is C16H17FN2O3S. The van der Waals surface area contributed by atoms with Crippen molar-refractivity contribution >= 4 is 21.6 Å². The fraction of sp³-hybridized carbons (Fsp3) is 0.188. The van der Waals surface area contributed by atoms with Crippen LogP contribution < -0.4 is 10.0 Å². The van der Waals surface area contributed by atoms with Crippen molar-refractivity contribution in [3.63, 3.8) is 0 Å². The molecule has 0 aliphatic heterocycles. The van der Waals surface area contributed by atoms with E-state index in [-0.39, 0.29) is 4.90 Å². The van der Waals surface area contributed by atoms with Crippen LogP contribution in [-0.2, 0) is 21.2 Å². The van der Waals surface area contributed by atoms with Gasteiger partial charge < -0.3 is 5.32 Å². The summed E-state index contributed by atoms with van der Waals surface area (Å²) in [5, 5.41) is 2.60. The van der Waals surface area contributed by atoms with Crippen LogP contribution in [0.5, 0.6) is 0 Å². The van der Waals surface area contributed by atoms with Crippen LogP contribution in [0.2, 0.25) is 0 Å². The number of benzene rings is 2. The SMILES string of the molecule is CCc1ccc(NC(=O)CNS(=O)(=O)c2ccc(F)cc2)cc1. The van der Waals surface area contributed by atoms with Crippen LogP contribution in [0.25, 0.3) is 0 Å². The first-order valence-electron chi connectivity index (χ1n) is 7.05. The normalized spacial score (nSPS) is 11.2. The molecule has 0 radical (unpaired) electrons. The van der Waals surface area contributed by atoms with Gasteiger partial charge in [-0.15, -0.1) is 0 Å². The van der Waals surface area contributed by atoms with Gasteiger partial charge in [-0.2, -0.15) is 0 Å². The number of carbonyl (C=O) groups excluding carboxylic acids is 1. The molecule has 0 fully saturated rings. The highest BCUT2D eigenvalue weighted by Crippen LogP contribution is 2.11. The standard InChI is InChI=1S/C16H17FN2O3S/c1-2-12-3-7-14(8-4-12)19-16(20)11-18-23(21,22)15-9-5-13(17)6-10-15/h3-10,18H,2,11H2,1H3,(H,19,20). The van der Waals surface area contributed by atoms with Crippen molar-refractivity contribution in [3.05, 3.63) is 59.9 Å². The van der Waals surface area contributed by atoms with Crippen molar-refractivity contribution in [3.8, 4) is 0 Å². The average Bonchev–Trinajstić information content (AvgIpc) is 2.54. The Hall–Kier alpha value is -2.25. The molecule has 0 unspecified atom stereocenters. The minimum absolute atomic E-state index is 0.0981. The van der Waals surface area contributed by atoms with Crippen LogP contribution in [-0.4, -0.2) is 20.9 Å². The van der Waals surface area contributed by atoms with Crippen LogP contribution in [0.4, 0.5) is 10.1 Å². The second-order valence-corrected chi connectivity index (χ2v) is 6.64. The van der Waals surface area contributed by atoms with Gasteiger partial charge in [0.15, 0.2) is 0 Å². The van der Waals surface area contributed by atoms with Crippen molar-refractivity contribution in [2.45, 2.75) is 18.2 Å². The molecule has 0 saturated heterocycles. The van der Waals surface area contributed by atoms with Gasteiger partial charge in [0, 0.05) is 5.69 Å². The summed E-state index contributed by atoms with van der Waals surface area (Å²) >= 11 is 0. The molecule has 0 saturated carbocycles. The number of nitrogens with one attached hydrogen (secondary N) is 2. The number of hydrogen-bond donors (Lipinski definition) is 2.